The molecule has 0 saturated heterocycles. The number of hydrogen-bond donors (Lipinski definition) is 0. The quantitative estimate of drug-likeness (QED) is 0.694. The highest BCUT2D eigenvalue weighted by molar-refractivity contribution is 6.30. The second-order valence-corrected chi connectivity index (χ2v) is 2.96. The Morgan fingerprint density at radius 3 is 2.75 bits per heavy atom. The molecule has 0 amide bonds. The van der Waals surface area contributed by atoms with Crippen molar-refractivity contribution in [3.8, 4) is 0 Å². The van der Waals surface area contributed by atoms with Gasteiger partial charge in [-0.25, -0.2) is 4.39 Å². The predicted octanol–water partition coefficient (Wildman–Crippen LogP) is 2.94. The summed E-state index contributed by atoms with van der Waals surface area (Å²) in [5, 5.41) is 0.441. The highest BCUT2D eigenvalue weighted by atomic mass is 35.5. The Bertz CT molecular complexity index is 298. The van der Waals surface area contributed by atoms with Crippen molar-refractivity contribution in [3.05, 3.63) is 34.9 Å². The zero-order valence-electron chi connectivity index (χ0n) is 6.55. The van der Waals surface area contributed by atoms with Crippen LogP contribution in [0.2, 0.25) is 5.02 Å². The second-order valence-electron chi connectivity index (χ2n) is 2.53. The molecule has 1 aromatic rings. The molecule has 0 aliphatic rings. The number of hydrogen-bond acceptors (Lipinski definition) is 1. The molecule has 0 N–H and O–H groups in total. The summed E-state index contributed by atoms with van der Waals surface area (Å²) in [5.41, 5.74) is 0.315. The van der Waals surface area contributed by atoms with Crippen LogP contribution in [-0.2, 0) is 4.79 Å². The molecule has 0 aromatic heterocycles. The first-order chi connectivity index (χ1) is 5.61. The number of halogens is 2. The predicted molar refractivity (Wildman–Crippen MR) is 46.0 cm³/mol. The van der Waals surface area contributed by atoms with E-state index in [1.54, 1.807) is 12.1 Å². The molecule has 0 aliphatic carbocycles. The van der Waals surface area contributed by atoms with Crippen molar-refractivity contribution in [1.82, 2.24) is 0 Å². The molecule has 0 bridgehead atoms. The van der Waals surface area contributed by atoms with Crippen molar-refractivity contribution in [2.75, 3.05) is 0 Å². The summed E-state index contributed by atoms with van der Waals surface area (Å²) in [7, 11) is 0. The van der Waals surface area contributed by atoms with Crippen molar-refractivity contribution >= 4 is 17.4 Å². The Labute approximate surface area is 75.2 Å². The van der Waals surface area contributed by atoms with Gasteiger partial charge in [-0.2, -0.15) is 0 Å². The lowest BCUT2D eigenvalue weighted by atomic mass is 10.1. The summed E-state index contributed by atoms with van der Waals surface area (Å²) in [5.74, 6) is -0.503. The van der Waals surface area contributed by atoms with E-state index in [9.17, 15) is 9.18 Å². The third kappa shape index (κ3) is 2.05. The summed E-state index contributed by atoms with van der Waals surface area (Å²) in [4.78, 5) is 10.6. The molecule has 1 aromatic carbocycles. The normalized spacial score (nSPS) is 12.6. The maximum Gasteiger partial charge on any atom is 0.183 e. The minimum absolute atomic E-state index is 0.315. The van der Waals surface area contributed by atoms with E-state index in [1.165, 1.54) is 19.1 Å². The smallest absolute Gasteiger partial charge is 0.183 e. The summed E-state index contributed by atoms with van der Waals surface area (Å²) < 4.78 is 13.0. The van der Waals surface area contributed by atoms with E-state index in [2.05, 4.69) is 0 Å². The van der Waals surface area contributed by atoms with Crippen LogP contribution < -0.4 is 0 Å². The number of carbonyl (C=O) groups excluding carboxylic acids is 1. The van der Waals surface area contributed by atoms with Gasteiger partial charge in [0.05, 0.1) is 0 Å². The number of Topliss-reactive ketones (excluding diaryl/α,β-unsaturated/α-hetero) is 1. The van der Waals surface area contributed by atoms with Gasteiger partial charge in [0.15, 0.2) is 12.0 Å². The Hall–Kier alpha value is -0.890. The third-order valence-electron chi connectivity index (χ3n) is 1.50. The van der Waals surface area contributed by atoms with Gasteiger partial charge in [0.25, 0.3) is 0 Å². The van der Waals surface area contributed by atoms with Crippen molar-refractivity contribution in [2.45, 2.75) is 13.1 Å². The van der Waals surface area contributed by atoms with Crippen molar-refractivity contribution in [2.24, 2.45) is 0 Å². The number of rotatable bonds is 2. The summed E-state index contributed by atoms with van der Waals surface area (Å²) in [6.45, 7) is 1.21. The van der Waals surface area contributed by atoms with Crippen LogP contribution in [0.1, 0.15) is 18.7 Å². The highest BCUT2D eigenvalue weighted by Gasteiger charge is 2.14. The van der Waals surface area contributed by atoms with Gasteiger partial charge in [-0.3, -0.25) is 4.79 Å². The van der Waals surface area contributed by atoms with Crippen LogP contribution in [-0.4, -0.2) is 5.78 Å². The third-order valence-corrected chi connectivity index (χ3v) is 1.73. The number of ketones is 1. The molecule has 3 heteroatoms. The largest absolute Gasteiger partial charge is 0.296 e. The molecular formula is C9H8ClFO. The van der Waals surface area contributed by atoms with E-state index in [0.717, 1.165) is 0 Å². The molecule has 0 heterocycles. The first-order valence-electron chi connectivity index (χ1n) is 3.51. The molecule has 1 unspecified atom stereocenters. The van der Waals surface area contributed by atoms with Gasteiger partial charge in [-0.15, -0.1) is 0 Å². The van der Waals surface area contributed by atoms with Gasteiger partial charge < -0.3 is 0 Å². The lowest BCUT2D eigenvalue weighted by molar-refractivity contribution is -0.121. The summed E-state index contributed by atoms with van der Waals surface area (Å²) in [6.07, 6.45) is -1.55. The molecule has 0 spiro atoms. The van der Waals surface area contributed by atoms with Crippen LogP contribution in [0.3, 0.4) is 0 Å². The van der Waals surface area contributed by atoms with Crippen LogP contribution in [0, 0.1) is 0 Å². The fourth-order valence-corrected chi connectivity index (χ4v) is 1.10. The Morgan fingerprint density at radius 2 is 2.25 bits per heavy atom. The van der Waals surface area contributed by atoms with E-state index in [-0.39, 0.29) is 0 Å². The monoisotopic (exact) mass is 186 g/mol. The number of alkyl halides is 1. The summed E-state index contributed by atoms with van der Waals surface area (Å²) >= 11 is 5.62. The minimum atomic E-state index is -1.55. The van der Waals surface area contributed by atoms with Crippen LogP contribution >= 0.6 is 11.6 Å². The molecule has 0 aliphatic heterocycles. The van der Waals surface area contributed by atoms with E-state index < -0.39 is 12.0 Å². The molecular weight excluding hydrogens is 179 g/mol. The van der Waals surface area contributed by atoms with Gasteiger partial charge in [-0.1, -0.05) is 23.7 Å². The van der Waals surface area contributed by atoms with Crippen molar-refractivity contribution in [3.63, 3.8) is 0 Å². The lowest BCUT2D eigenvalue weighted by Crippen LogP contribution is -2.01. The number of benzene rings is 1. The zero-order valence-corrected chi connectivity index (χ0v) is 7.31. The van der Waals surface area contributed by atoms with Crippen molar-refractivity contribution < 1.29 is 9.18 Å². The van der Waals surface area contributed by atoms with Gasteiger partial charge >= 0.3 is 0 Å². The fourth-order valence-electron chi connectivity index (χ4n) is 0.899. The molecule has 64 valence electrons. The maximum absolute atomic E-state index is 13.0. The Balaban J connectivity index is 2.95. The van der Waals surface area contributed by atoms with E-state index in [1.807, 2.05) is 0 Å². The molecule has 1 atom stereocenters. The molecule has 0 radical (unpaired) electrons. The molecule has 12 heavy (non-hydrogen) atoms. The van der Waals surface area contributed by atoms with E-state index >= 15 is 0 Å². The summed E-state index contributed by atoms with van der Waals surface area (Å²) in [6, 6.07) is 6.25. The first kappa shape index (κ1) is 9.20. The SMILES string of the molecule is CC(=O)C(F)c1cccc(Cl)c1. The minimum Gasteiger partial charge on any atom is -0.296 e. The fraction of sp³-hybridized carbons (Fsp3) is 0.222. The van der Waals surface area contributed by atoms with Crippen molar-refractivity contribution in [1.29, 1.82) is 0 Å². The second kappa shape index (κ2) is 3.68. The standard InChI is InChI=1S/C9H8ClFO/c1-6(12)9(11)7-3-2-4-8(10)5-7/h2-5,9H,1H3. The van der Waals surface area contributed by atoms with Gasteiger partial charge in [0.2, 0.25) is 0 Å². The maximum atomic E-state index is 13.0. The highest BCUT2D eigenvalue weighted by Crippen LogP contribution is 2.21. The van der Waals surface area contributed by atoms with Gasteiger partial charge in [-0.05, 0) is 24.6 Å². The van der Waals surface area contributed by atoms with E-state index in [4.69, 9.17) is 11.6 Å². The Kier molecular flexibility index (Phi) is 2.82. The lowest BCUT2D eigenvalue weighted by Gasteiger charge is -2.03. The van der Waals surface area contributed by atoms with Crippen LogP contribution in [0.25, 0.3) is 0 Å². The van der Waals surface area contributed by atoms with Gasteiger partial charge in [0.1, 0.15) is 0 Å². The van der Waals surface area contributed by atoms with Crippen LogP contribution in [0.5, 0.6) is 0 Å². The van der Waals surface area contributed by atoms with E-state index in [0.29, 0.717) is 10.6 Å². The van der Waals surface area contributed by atoms with Crippen LogP contribution in [0.4, 0.5) is 4.39 Å². The average molecular weight is 187 g/mol. The topological polar surface area (TPSA) is 17.1 Å². The molecule has 0 fully saturated rings. The molecule has 1 nitrogen and oxygen atoms in total. The number of carbonyl (C=O) groups is 1. The zero-order chi connectivity index (χ0) is 9.14. The molecule has 1 rings (SSSR count). The first-order valence-corrected chi connectivity index (χ1v) is 3.89. The molecule has 0 saturated carbocycles. The average Bonchev–Trinajstić information content (AvgIpc) is 2.03. The van der Waals surface area contributed by atoms with Crippen LogP contribution in [0.15, 0.2) is 24.3 Å². The van der Waals surface area contributed by atoms with Gasteiger partial charge in [0, 0.05) is 5.02 Å². The Morgan fingerprint density at radius 1 is 1.58 bits per heavy atom.